The molecule has 0 aliphatic rings. The predicted molar refractivity (Wildman–Crippen MR) is 66.3 cm³/mol. The van der Waals surface area contributed by atoms with Gasteiger partial charge in [-0.25, -0.2) is 0 Å². The predicted octanol–water partition coefficient (Wildman–Crippen LogP) is 4.67. The molecule has 0 aromatic rings. The van der Waals surface area contributed by atoms with Gasteiger partial charge in [0.05, 0.1) is 0 Å². The first kappa shape index (κ1) is 13.0. The molecule has 0 aromatic carbocycles. The highest BCUT2D eigenvalue weighted by Crippen LogP contribution is 2.22. The summed E-state index contributed by atoms with van der Waals surface area (Å²) < 4.78 is 0. The van der Waals surface area contributed by atoms with Crippen LogP contribution in [0.4, 0.5) is 0 Å². The molecule has 0 heterocycles. The molecule has 0 heteroatoms. The summed E-state index contributed by atoms with van der Waals surface area (Å²) in [4.78, 5) is 0. The van der Waals surface area contributed by atoms with Crippen LogP contribution in [0.5, 0.6) is 0 Å². The molecule has 0 saturated carbocycles. The molecule has 0 saturated heterocycles. The average molecular weight is 190 g/mol. The van der Waals surface area contributed by atoms with Gasteiger partial charge in [0.15, 0.2) is 0 Å². The van der Waals surface area contributed by atoms with E-state index in [1.807, 2.05) is 6.08 Å². The summed E-state index contributed by atoms with van der Waals surface area (Å²) in [5.41, 5.74) is 2.39. The summed E-state index contributed by atoms with van der Waals surface area (Å²) in [6.07, 6.45) is 9.39. The lowest BCUT2D eigenvalue weighted by atomic mass is 9.91. The van der Waals surface area contributed by atoms with Crippen molar-refractivity contribution in [1.82, 2.24) is 0 Å². The van der Waals surface area contributed by atoms with E-state index in [2.05, 4.69) is 45.7 Å². The van der Waals surface area contributed by atoms with Crippen LogP contribution in [0.1, 0.15) is 33.1 Å². The zero-order valence-electron chi connectivity index (χ0n) is 9.55. The fourth-order valence-corrected chi connectivity index (χ4v) is 1.33. The van der Waals surface area contributed by atoms with E-state index in [0.29, 0.717) is 5.92 Å². The Balaban J connectivity index is 4.03. The van der Waals surface area contributed by atoms with Gasteiger partial charge in [-0.3, -0.25) is 0 Å². The number of allylic oxidation sites excluding steroid dienone is 5. The van der Waals surface area contributed by atoms with Gasteiger partial charge in [0.1, 0.15) is 0 Å². The summed E-state index contributed by atoms with van der Waals surface area (Å²) in [5.74, 6) is 0.586. The molecule has 0 fully saturated rings. The van der Waals surface area contributed by atoms with Crippen LogP contribution in [0.2, 0.25) is 0 Å². The van der Waals surface area contributed by atoms with Gasteiger partial charge >= 0.3 is 0 Å². The van der Waals surface area contributed by atoms with Crippen LogP contribution in [-0.4, -0.2) is 0 Å². The number of hydrogen-bond donors (Lipinski definition) is 0. The minimum atomic E-state index is 0.586. The highest BCUT2D eigenvalue weighted by Gasteiger charge is 2.07. The van der Waals surface area contributed by atoms with Crippen molar-refractivity contribution in [2.75, 3.05) is 0 Å². The molecule has 0 aromatic heterocycles. The lowest BCUT2D eigenvalue weighted by Crippen LogP contribution is -2.00. The average Bonchev–Trinajstić information content (AvgIpc) is 2.16. The molecule has 0 spiro atoms. The topological polar surface area (TPSA) is 0 Å². The molecule has 0 N–H and O–H groups in total. The summed E-state index contributed by atoms with van der Waals surface area (Å²) in [6, 6.07) is 0. The van der Waals surface area contributed by atoms with E-state index in [4.69, 9.17) is 0 Å². The van der Waals surface area contributed by atoms with E-state index in [-0.39, 0.29) is 0 Å². The minimum Gasteiger partial charge on any atom is -0.0998 e. The van der Waals surface area contributed by atoms with Crippen LogP contribution in [0.3, 0.4) is 0 Å². The molecule has 1 atom stereocenters. The quantitative estimate of drug-likeness (QED) is 0.404. The molecule has 0 aliphatic heterocycles. The molecule has 0 radical (unpaired) electrons. The third-order valence-electron chi connectivity index (χ3n) is 2.46. The summed E-state index contributed by atoms with van der Waals surface area (Å²) >= 11 is 0. The lowest BCUT2D eigenvalue weighted by Gasteiger charge is -2.14. The Morgan fingerprint density at radius 3 is 2.43 bits per heavy atom. The van der Waals surface area contributed by atoms with Crippen molar-refractivity contribution in [3.05, 3.63) is 49.1 Å². The molecule has 0 rings (SSSR count). The highest BCUT2D eigenvalue weighted by atomic mass is 14.1. The maximum atomic E-state index is 4.02. The van der Waals surface area contributed by atoms with E-state index in [1.165, 1.54) is 5.57 Å². The van der Waals surface area contributed by atoms with E-state index in [0.717, 1.165) is 24.8 Å². The largest absolute Gasteiger partial charge is 0.0998 e. The van der Waals surface area contributed by atoms with Gasteiger partial charge in [0.2, 0.25) is 0 Å². The third kappa shape index (κ3) is 5.58. The van der Waals surface area contributed by atoms with Gasteiger partial charge < -0.3 is 0 Å². The van der Waals surface area contributed by atoms with E-state index in [1.54, 1.807) is 0 Å². The van der Waals surface area contributed by atoms with Gasteiger partial charge in [0, 0.05) is 0 Å². The minimum absolute atomic E-state index is 0.586. The summed E-state index contributed by atoms with van der Waals surface area (Å²) in [5, 5.41) is 0. The van der Waals surface area contributed by atoms with Crippen LogP contribution >= 0.6 is 0 Å². The lowest BCUT2D eigenvalue weighted by molar-refractivity contribution is 0.570. The smallest absolute Gasteiger partial charge is 0.0171 e. The fourth-order valence-electron chi connectivity index (χ4n) is 1.33. The first-order valence-electron chi connectivity index (χ1n) is 5.18. The molecule has 0 aliphatic carbocycles. The number of hydrogen-bond acceptors (Lipinski definition) is 0. The van der Waals surface area contributed by atoms with Crippen molar-refractivity contribution >= 4 is 0 Å². The third-order valence-corrected chi connectivity index (χ3v) is 2.46. The Kier molecular flexibility index (Phi) is 6.82. The van der Waals surface area contributed by atoms with Crippen LogP contribution in [0.15, 0.2) is 49.1 Å². The number of rotatable bonds is 7. The molecule has 1 unspecified atom stereocenters. The second-order valence-electron chi connectivity index (χ2n) is 3.75. The van der Waals surface area contributed by atoms with Crippen molar-refractivity contribution in [1.29, 1.82) is 0 Å². The summed E-state index contributed by atoms with van der Waals surface area (Å²) in [7, 11) is 0. The monoisotopic (exact) mass is 190 g/mol. The Morgan fingerprint density at radius 2 is 2.00 bits per heavy atom. The maximum Gasteiger partial charge on any atom is -0.0171 e. The molecule has 0 nitrogen and oxygen atoms in total. The van der Waals surface area contributed by atoms with Crippen LogP contribution in [-0.2, 0) is 0 Å². The first-order valence-corrected chi connectivity index (χ1v) is 5.18. The van der Waals surface area contributed by atoms with E-state index in [9.17, 15) is 0 Å². The van der Waals surface area contributed by atoms with Crippen molar-refractivity contribution in [3.8, 4) is 0 Å². The zero-order valence-corrected chi connectivity index (χ0v) is 9.55. The Hall–Kier alpha value is -1.04. The molecule has 14 heavy (non-hydrogen) atoms. The van der Waals surface area contributed by atoms with Crippen LogP contribution in [0.25, 0.3) is 0 Å². The zero-order chi connectivity index (χ0) is 11.0. The van der Waals surface area contributed by atoms with E-state index >= 15 is 0 Å². The summed E-state index contributed by atoms with van der Waals surface area (Å²) in [6.45, 7) is 15.8. The Bertz CT molecular complexity index is 230. The van der Waals surface area contributed by atoms with Crippen molar-refractivity contribution in [2.24, 2.45) is 5.92 Å². The molecule has 78 valence electrons. The van der Waals surface area contributed by atoms with Gasteiger partial charge in [0.25, 0.3) is 0 Å². The van der Waals surface area contributed by atoms with Gasteiger partial charge in [-0.2, -0.15) is 0 Å². The van der Waals surface area contributed by atoms with Gasteiger partial charge in [-0.05, 0) is 39.0 Å². The molecular weight excluding hydrogens is 168 g/mol. The maximum absolute atomic E-state index is 4.02. The van der Waals surface area contributed by atoms with Gasteiger partial charge in [-0.15, -0.1) is 0 Å². The standard InChI is InChI=1S/C14H22/c1-6-8-9-14(12(3)4)11-10-13(5)7-2/h6-8,14H,2-3,5,9-11H2,1,4H3. The Morgan fingerprint density at radius 1 is 1.36 bits per heavy atom. The molecule has 0 bridgehead atoms. The molecular formula is C14H22. The van der Waals surface area contributed by atoms with Crippen LogP contribution in [0, 0.1) is 5.92 Å². The SMILES string of the molecule is C=CC(=C)CCC(CC=CC)C(=C)C. The Labute approximate surface area is 88.7 Å². The van der Waals surface area contributed by atoms with Crippen molar-refractivity contribution in [2.45, 2.75) is 33.1 Å². The van der Waals surface area contributed by atoms with Crippen molar-refractivity contribution < 1.29 is 0 Å². The van der Waals surface area contributed by atoms with Gasteiger partial charge in [-0.1, -0.05) is 49.1 Å². The first-order chi connectivity index (χ1) is 6.61. The second kappa shape index (κ2) is 7.37. The normalized spacial score (nSPS) is 12.7. The van der Waals surface area contributed by atoms with Crippen molar-refractivity contribution in [3.63, 3.8) is 0 Å². The van der Waals surface area contributed by atoms with Crippen LogP contribution < -0.4 is 0 Å². The molecule has 0 amide bonds. The van der Waals surface area contributed by atoms with E-state index < -0.39 is 0 Å². The highest BCUT2D eigenvalue weighted by molar-refractivity contribution is 5.12. The fraction of sp³-hybridized carbons (Fsp3) is 0.429. The second-order valence-corrected chi connectivity index (χ2v) is 3.75.